The van der Waals surface area contributed by atoms with Crippen molar-refractivity contribution in [2.24, 2.45) is 5.41 Å². The highest BCUT2D eigenvalue weighted by atomic mass is 16.5. The Balaban J connectivity index is 1.84. The quantitative estimate of drug-likeness (QED) is 0.179. The van der Waals surface area contributed by atoms with Crippen LogP contribution in [0.1, 0.15) is 81.5 Å². The highest BCUT2D eigenvalue weighted by molar-refractivity contribution is 6.15. The van der Waals surface area contributed by atoms with Crippen LogP contribution >= 0.6 is 0 Å². The van der Waals surface area contributed by atoms with Crippen LogP contribution in [0, 0.1) is 5.41 Å². The van der Waals surface area contributed by atoms with Gasteiger partial charge in [0.15, 0.2) is 0 Å². The van der Waals surface area contributed by atoms with Gasteiger partial charge in [-0.25, -0.2) is 0 Å². The summed E-state index contributed by atoms with van der Waals surface area (Å²) >= 11 is 0. The van der Waals surface area contributed by atoms with Crippen LogP contribution in [0.4, 0.5) is 0 Å². The average Bonchev–Trinajstić information content (AvgIpc) is 3.10. The van der Waals surface area contributed by atoms with E-state index in [1.807, 2.05) is 24.7 Å². The molecule has 0 bridgehead atoms. The molecule has 0 radical (unpaired) electrons. The van der Waals surface area contributed by atoms with E-state index in [0.29, 0.717) is 6.42 Å². The minimum atomic E-state index is -0.637. The van der Waals surface area contributed by atoms with Gasteiger partial charge in [-0.15, -0.1) is 0 Å². The normalized spacial score (nSPS) is 17.0. The molecule has 0 amide bonds. The Morgan fingerprint density at radius 2 is 1.19 bits per heavy atom. The maximum absolute atomic E-state index is 5.64. The molecule has 0 saturated carbocycles. The number of ether oxygens (including phenoxy) is 2. The largest absolute Gasteiger partial charge is 0.497 e. The fourth-order valence-electron chi connectivity index (χ4n) is 7.47. The highest BCUT2D eigenvalue weighted by Crippen LogP contribution is 2.65. The molecule has 0 N–H and O–H groups in total. The molecule has 4 heteroatoms. The standard InChI is InChI=1S/C44H46N2O2/c1-42(2,3)33-18-20-34(21-19-33)44(43(4,5)6)40(31-16-24-36(48-8)25-17-31)38(39-13-9-10-27-46-39)28-37(30-14-22-35(47-7)23-15-30)41(44)32-12-11-26-45-29-32/h9-27,29H,28H2,1-8H3. The maximum Gasteiger partial charge on any atom is 0.118 e. The Labute approximate surface area is 286 Å². The molecule has 1 aliphatic rings. The van der Waals surface area contributed by atoms with Gasteiger partial charge in [0.25, 0.3) is 0 Å². The molecule has 2 heterocycles. The molecule has 1 aliphatic carbocycles. The topological polar surface area (TPSA) is 44.2 Å². The lowest BCUT2D eigenvalue weighted by atomic mass is 9.49. The number of pyridine rings is 2. The van der Waals surface area contributed by atoms with Gasteiger partial charge in [0.1, 0.15) is 11.5 Å². The molecule has 0 saturated heterocycles. The van der Waals surface area contributed by atoms with E-state index in [9.17, 15) is 0 Å². The van der Waals surface area contributed by atoms with Crippen molar-refractivity contribution in [3.05, 3.63) is 155 Å². The van der Waals surface area contributed by atoms with E-state index in [1.165, 1.54) is 33.4 Å². The summed E-state index contributed by atoms with van der Waals surface area (Å²) in [5.74, 6) is 1.66. The summed E-state index contributed by atoms with van der Waals surface area (Å²) in [5.41, 5.74) is 10.9. The van der Waals surface area contributed by atoms with E-state index >= 15 is 0 Å². The monoisotopic (exact) mass is 634 g/mol. The summed E-state index contributed by atoms with van der Waals surface area (Å²) in [7, 11) is 3.43. The summed E-state index contributed by atoms with van der Waals surface area (Å²) < 4.78 is 11.2. The number of allylic oxidation sites excluding steroid dienone is 4. The Kier molecular flexibility index (Phi) is 8.87. The minimum Gasteiger partial charge on any atom is -0.497 e. The van der Waals surface area contributed by atoms with Crippen LogP contribution in [0.15, 0.2) is 122 Å². The molecule has 5 aromatic rings. The molecule has 48 heavy (non-hydrogen) atoms. The van der Waals surface area contributed by atoms with Gasteiger partial charge in [0, 0.05) is 25.0 Å². The molecule has 244 valence electrons. The molecule has 1 atom stereocenters. The molecule has 4 nitrogen and oxygen atoms in total. The van der Waals surface area contributed by atoms with Crippen LogP contribution in [0.2, 0.25) is 0 Å². The molecular formula is C44H46N2O2. The van der Waals surface area contributed by atoms with E-state index in [-0.39, 0.29) is 10.8 Å². The summed E-state index contributed by atoms with van der Waals surface area (Å²) in [4.78, 5) is 9.72. The van der Waals surface area contributed by atoms with Crippen molar-refractivity contribution in [2.75, 3.05) is 14.2 Å². The second-order valence-electron chi connectivity index (χ2n) is 14.6. The maximum atomic E-state index is 5.64. The summed E-state index contributed by atoms with van der Waals surface area (Å²) in [6, 6.07) is 36.9. The van der Waals surface area contributed by atoms with Crippen molar-refractivity contribution in [3.63, 3.8) is 0 Å². The lowest BCUT2D eigenvalue weighted by Gasteiger charge is -2.53. The van der Waals surface area contributed by atoms with Crippen LogP contribution in [0.3, 0.4) is 0 Å². The number of nitrogens with zero attached hydrogens (tertiary/aromatic N) is 2. The lowest BCUT2D eigenvalue weighted by molar-refractivity contribution is 0.310. The second kappa shape index (κ2) is 12.9. The second-order valence-corrected chi connectivity index (χ2v) is 14.6. The van der Waals surface area contributed by atoms with Crippen molar-refractivity contribution in [1.29, 1.82) is 0 Å². The van der Waals surface area contributed by atoms with E-state index in [4.69, 9.17) is 19.4 Å². The summed E-state index contributed by atoms with van der Waals surface area (Å²) in [6.07, 6.45) is 6.47. The summed E-state index contributed by atoms with van der Waals surface area (Å²) in [6.45, 7) is 13.9. The first-order valence-electron chi connectivity index (χ1n) is 16.7. The molecule has 6 rings (SSSR count). The van der Waals surface area contributed by atoms with Crippen molar-refractivity contribution in [2.45, 2.75) is 58.8 Å². The van der Waals surface area contributed by atoms with Crippen LogP contribution in [0.25, 0.3) is 22.3 Å². The lowest BCUT2D eigenvalue weighted by Crippen LogP contribution is -2.45. The van der Waals surface area contributed by atoms with E-state index in [2.05, 4.69) is 139 Å². The number of benzene rings is 3. The number of rotatable bonds is 7. The van der Waals surface area contributed by atoms with E-state index in [0.717, 1.165) is 33.9 Å². The first kappa shape index (κ1) is 33.0. The molecule has 0 fully saturated rings. The number of hydrogen-bond donors (Lipinski definition) is 0. The molecule has 2 aromatic heterocycles. The molecule has 1 unspecified atom stereocenters. The Morgan fingerprint density at radius 3 is 1.69 bits per heavy atom. The minimum absolute atomic E-state index is 0.0179. The smallest absolute Gasteiger partial charge is 0.118 e. The van der Waals surface area contributed by atoms with Gasteiger partial charge in [-0.3, -0.25) is 9.97 Å². The first-order valence-corrected chi connectivity index (χ1v) is 16.7. The first-order chi connectivity index (χ1) is 23.0. The zero-order chi connectivity index (χ0) is 34.1. The predicted molar refractivity (Wildman–Crippen MR) is 199 cm³/mol. The van der Waals surface area contributed by atoms with Gasteiger partial charge in [-0.2, -0.15) is 0 Å². The van der Waals surface area contributed by atoms with Crippen LogP contribution in [-0.2, 0) is 10.8 Å². The SMILES string of the molecule is COc1ccc(C2=C(c3cccnc3)C(c3ccc(C(C)(C)C)cc3)(C(C)(C)C)C(c3ccc(OC)cc3)=C(c3ccccn3)C2)cc1. The number of aromatic nitrogens is 2. The third-order valence-electron chi connectivity index (χ3n) is 9.76. The third-order valence-corrected chi connectivity index (χ3v) is 9.76. The highest BCUT2D eigenvalue weighted by Gasteiger charge is 2.54. The molecule has 3 aromatic carbocycles. The van der Waals surface area contributed by atoms with Crippen LogP contribution in [0.5, 0.6) is 11.5 Å². The van der Waals surface area contributed by atoms with Crippen molar-refractivity contribution < 1.29 is 9.47 Å². The van der Waals surface area contributed by atoms with Crippen LogP contribution in [-0.4, -0.2) is 24.2 Å². The van der Waals surface area contributed by atoms with Crippen molar-refractivity contribution in [1.82, 2.24) is 9.97 Å². The summed E-state index contributed by atoms with van der Waals surface area (Å²) in [5, 5.41) is 0. The third kappa shape index (κ3) is 5.85. The fraction of sp³-hybridized carbons (Fsp3) is 0.273. The van der Waals surface area contributed by atoms with Gasteiger partial charge >= 0.3 is 0 Å². The zero-order valence-corrected chi connectivity index (χ0v) is 29.5. The molecular weight excluding hydrogens is 588 g/mol. The Bertz CT molecular complexity index is 1930. The van der Waals surface area contributed by atoms with E-state index < -0.39 is 5.41 Å². The van der Waals surface area contributed by atoms with E-state index in [1.54, 1.807) is 14.2 Å². The number of hydrogen-bond acceptors (Lipinski definition) is 4. The van der Waals surface area contributed by atoms with Crippen LogP contribution < -0.4 is 9.47 Å². The van der Waals surface area contributed by atoms with Gasteiger partial charge < -0.3 is 9.47 Å². The average molecular weight is 635 g/mol. The fourth-order valence-corrected chi connectivity index (χ4v) is 7.47. The van der Waals surface area contributed by atoms with Gasteiger partial charge in [-0.1, -0.05) is 102 Å². The predicted octanol–water partition coefficient (Wildman–Crippen LogP) is 10.7. The van der Waals surface area contributed by atoms with Gasteiger partial charge in [0.05, 0.1) is 25.3 Å². The number of methoxy groups -OCH3 is 2. The molecule has 0 aliphatic heterocycles. The van der Waals surface area contributed by atoms with Gasteiger partial charge in [0.2, 0.25) is 0 Å². The Hall–Kier alpha value is -4.96. The van der Waals surface area contributed by atoms with Crippen molar-refractivity contribution >= 4 is 22.3 Å². The molecule has 0 spiro atoms. The zero-order valence-electron chi connectivity index (χ0n) is 29.5. The van der Waals surface area contributed by atoms with Crippen molar-refractivity contribution in [3.8, 4) is 11.5 Å². The van der Waals surface area contributed by atoms with Gasteiger partial charge in [-0.05, 0) is 103 Å². The Morgan fingerprint density at radius 1 is 0.583 bits per heavy atom.